The third kappa shape index (κ3) is 3.79. The number of aliphatic hydroxyl groups is 1. The second kappa shape index (κ2) is 6.67. The average Bonchev–Trinajstić information content (AvgIpc) is 2.38. The molecule has 1 atom stereocenters. The number of hydrogen-bond donors (Lipinski definition) is 2. The van der Waals surface area contributed by atoms with Crippen molar-refractivity contribution >= 4 is 17.8 Å². The van der Waals surface area contributed by atoms with E-state index in [0.29, 0.717) is 5.06 Å². The van der Waals surface area contributed by atoms with Crippen LogP contribution in [0.5, 0.6) is 0 Å². The van der Waals surface area contributed by atoms with E-state index in [1.807, 2.05) is 6.92 Å². The fourth-order valence-electron chi connectivity index (χ4n) is 1.43. The molecule has 0 saturated carbocycles. The van der Waals surface area contributed by atoms with Gasteiger partial charge in [-0.1, -0.05) is 17.7 Å². The van der Waals surface area contributed by atoms with Gasteiger partial charge in [0.05, 0.1) is 12.2 Å². The molecule has 7 nitrogen and oxygen atoms in total. The molecule has 1 aromatic rings. The number of carboxylic acid groups (broad SMARTS) is 1. The van der Waals surface area contributed by atoms with Crippen molar-refractivity contribution in [3.63, 3.8) is 0 Å². The van der Waals surface area contributed by atoms with Gasteiger partial charge in [0, 0.05) is 6.92 Å². The summed E-state index contributed by atoms with van der Waals surface area (Å²) < 4.78 is 0. The van der Waals surface area contributed by atoms with Gasteiger partial charge in [-0.25, -0.2) is 9.59 Å². The van der Waals surface area contributed by atoms with Crippen LogP contribution in [-0.2, 0) is 14.4 Å². The molecule has 0 spiro atoms. The minimum atomic E-state index is -1.64. The number of hydrogen-bond acceptors (Lipinski definition) is 5. The van der Waals surface area contributed by atoms with Gasteiger partial charge in [0.25, 0.3) is 5.91 Å². The third-order valence-corrected chi connectivity index (χ3v) is 2.52. The van der Waals surface area contributed by atoms with E-state index in [1.165, 1.54) is 12.1 Å². The summed E-state index contributed by atoms with van der Waals surface area (Å²) in [5.74, 6) is -3.15. The number of aliphatic carboxylic acids is 1. The fourth-order valence-corrected chi connectivity index (χ4v) is 1.43. The molecule has 0 aliphatic rings. The van der Waals surface area contributed by atoms with Gasteiger partial charge >= 0.3 is 11.9 Å². The van der Waals surface area contributed by atoms with Crippen molar-refractivity contribution in [2.75, 3.05) is 6.61 Å². The number of benzene rings is 1. The number of rotatable bonds is 4. The maximum absolute atomic E-state index is 11.8. The second-order valence-electron chi connectivity index (χ2n) is 4.13. The van der Waals surface area contributed by atoms with E-state index < -0.39 is 30.5 Å². The minimum Gasteiger partial charge on any atom is -0.480 e. The molecule has 1 amide bonds. The first-order valence-electron chi connectivity index (χ1n) is 5.79. The normalized spacial score (nSPS) is 11.6. The van der Waals surface area contributed by atoms with Gasteiger partial charge in [0.2, 0.25) is 0 Å². The van der Waals surface area contributed by atoms with E-state index in [4.69, 9.17) is 15.1 Å². The summed E-state index contributed by atoms with van der Waals surface area (Å²) in [6.45, 7) is 2.01. The van der Waals surface area contributed by atoms with Crippen LogP contribution >= 0.6 is 0 Å². The highest BCUT2D eigenvalue weighted by Crippen LogP contribution is 2.09. The minimum absolute atomic E-state index is 0.170. The van der Waals surface area contributed by atoms with Crippen LogP contribution in [0.4, 0.5) is 0 Å². The maximum atomic E-state index is 11.8. The van der Waals surface area contributed by atoms with Crippen LogP contribution in [0.2, 0.25) is 0 Å². The third-order valence-electron chi connectivity index (χ3n) is 2.52. The quantitative estimate of drug-likeness (QED) is 0.772. The van der Waals surface area contributed by atoms with Crippen LogP contribution in [0.1, 0.15) is 22.8 Å². The van der Waals surface area contributed by atoms with Gasteiger partial charge in [-0.3, -0.25) is 4.79 Å². The van der Waals surface area contributed by atoms with E-state index in [-0.39, 0.29) is 5.56 Å². The Morgan fingerprint density at radius 2 is 1.80 bits per heavy atom. The molecule has 0 saturated heterocycles. The Bertz CT molecular complexity index is 510. The number of nitrogens with zero attached hydrogens (tertiary/aromatic N) is 1. The Labute approximate surface area is 115 Å². The maximum Gasteiger partial charge on any atom is 0.363 e. The number of carboxylic acids is 1. The van der Waals surface area contributed by atoms with Gasteiger partial charge < -0.3 is 15.1 Å². The summed E-state index contributed by atoms with van der Waals surface area (Å²) in [5.41, 5.74) is 1.10. The van der Waals surface area contributed by atoms with Crippen LogP contribution in [-0.4, -0.2) is 45.8 Å². The van der Waals surface area contributed by atoms with Crippen molar-refractivity contribution in [3.8, 4) is 0 Å². The molecule has 0 aromatic heterocycles. The number of hydroxylamine groups is 2. The first-order chi connectivity index (χ1) is 9.36. The Balaban J connectivity index is 2.90. The molecule has 2 N–H and O–H groups in total. The van der Waals surface area contributed by atoms with Crippen LogP contribution in [0.15, 0.2) is 24.3 Å². The number of carbonyl (C=O) groups excluding carboxylic acids is 2. The van der Waals surface area contributed by atoms with Crippen molar-refractivity contribution in [1.29, 1.82) is 0 Å². The molecule has 1 rings (SSSR count). The van der Waals surface area contributed by atoms with Crippen molar-refractivity contribution < 1.29 is 29.4 Å². The molecule has 1 aromatic carbocycles. The Morgan fingerprint density at radius 1 is 1.25 bits per heavy atom. The first-order valence-corrected chi connectivity index (χ1v) is 5.79. The van der Waals surface area contributed by atoms with Crippen molar-refractivity contribution in [3.05, 3.63) is 35.4 Å². The molecule has 0 heterocycles. The lowest BCUT2D eigenvalue weighted by Gasteiger charge is -2.24. The Morgan fingerprint density at radius 3 is 2.20 bits per heavy atom. The predicted octanol–water partition coefficient (Wildman–Crippen LogP) is 0.361. The van der Waals surface area contributed by atoms with Crippen LogP contribution in [0, 0.1) is 6.92 Å². The number of aryl methyl sites for hydroxylation is 1. The van der Waals surface area contributed by atoms with E-state index >= 15 is 0 Å². The standard InChI is InChI=1S/C13H15NO6/c1-8-3-5-10(6-4-8)13(19)20-14(9(2)16)11(7-15)12(17)18/h3-6,11,15H,7H2,1-2H3,(H,17,18)/t11-/m0/s1. The van der Waals surface area contributed by atoms with Gasteiger partial charge in [-0.05, 0) is 19.1 Å². The summed E-state index contributed by atoms with van der Waals surface area (Å²) in [4.78, 5) is 38.8. The molecule has 7 heteroatoms. The predicted molar refractivity (Wildman–Crippen MR) is 67.6 cm³/mol. The zero-order valence-electron chi connectivity index (χ0n) is 11.1. The Kier molecular flexibility index (Phi) is 5.22. The average molecular weight is 281 g/mol. The molecule has 0 fully saturated rings. The van der Waals surface area contributed by atoms with Crippen LogP contribution in [0.25, 0.3) is 0 Å². The number of amides is 1. The smallest absolute Gasteiger partial charge is 0.363 e. The van der Waals surface area contributed by atoms with Crippen LogP contribution in [0.3, 0.4) is 0 Å². The van der Waals surface area contributed by atoms with Crippen LogP contribution < -0.4 is 0 Å². The molecule has 0 aliphatic heterocycles. The van der Waals surface area contributed by atoms with Gasteiger partial charge in [-0.15, -0.1) is 0 Å². The summed E-state index contributed by atoms with van der Waals surface area (Å²) in [7, 11) is 0. The van der Waals surface area contributed by atoms with Crippen molar-refractivity contribution in [2.45, 2.75) is 19.9 Å². The number of carbonyl (C=O) groups is 3. The van der Waals surface area contributed by atoms with E-state index in [0.717, 1.165) is 12.5 Å². The lowest BCUT2D eigenvalue weighted by molar-refractivity contribution is -0.188. The van der Waals surface area contributed by atoms with Gasteiger partial charge in [0.1, 0.15) is 0 Å². The molecule has 0 radical (unpaired) electrons. The lowest BCUT2D eigenvalue weighted by Crippen LogP contribution is -2.47. The van der Waals surface area contributed by atoms with E-state index in [1.54, 1.807) is 12.1 Å². The molecule has 20 heavy (non-hydrogen) atoms. The molecular formula is C13H15NO6. The summed E-state index contributed by atoms with van der Waals surface area (Å²) >= 11 is 0. The zero-order chi connectivity index (χ0) is 15.3. The molecule has 0 aliphatic carbocycles. The van der Waals surface area contributed by atoms with E-state index in [2.05, 4.69) is 0 Å². The second-order valence-corrected chi connectivity index (χ2v) is 4.13. The zero-order valence-corrected chi connectivity index (χ0v) is 11.1. The van der Waals surface area contributed by atoms with E-state index in [9.17, 15) is 14.4 Å². The molecule has 0 bridgehead atoms. The van der Waals surface area contributed by atoms with Crippen molar-refractivity contribution in [1.82, 2.24) is 5.06 Å². The van der Waals surface area contributed by atoms with Crippen molar-refractivity contribution in [2.24, 2.45) is 0 Å². The molecular weight excluding hydrogens is 266 g/mol. The summed E-state index contributed by atoms with van der Waals surface area (Å²) in [6.07, 6.45) is 0. The topological polar surface area (TPSA) is 104 Å². The summed E-state index contributed by atoms with van der Waals surface area (Å²) in [6, 6.07) is 4.70. The lowest BCUT2D eigenvalue weighted by atomic mass is 10.2. The van der Waals surface area contributed by atoms with Gasteiger partial charge in [-0.2, -0.15) is 5.06 Å². The summed E-state index contributed by atoms with van der Waals surface area (Å²) in [5, 5.41) is 18.2. The highest BCUT2D eigenvalue weighted by Gasteiger charge is 2.31. The monoisotopic (exact) mass is 281 g/mol. The number of aliphatic hydroxyl groups excluding tert-OH is 1. The van der Waals surface area contributed by atoms with Gasteiger partial charge in [0.15, 0.2) is 6.04 Å². The Hall–Kier alpha value is -2.41. The SMILES string of the molecule is CC(=O)N(OC(=O)c1ccc(C)cc1)[C@@H](CO)C(=O)O. The highest BCUT2D eigenvalue weighted by atomic mass is 16.7. The fraction of sp³-hybridized carbons (Fsp3) is 0.308. The first kappa shape index (κ1) is 15.6. The highest BCUT2D eigenvalue weighted by molar-refractivity contribution is 5.91. The molecule has 0 unspecified atom stereocenters. The largest absolute Gasteiger partial charge is 0.480 e. The molecule has 108 valence electrons.